The number of thiophene rings is 1. The second-order valence-electron chi connectivity index (χ2n) is 3.55. The maximum atomic E-state index is 4.66. The van der Waals surface area contributed by atoms with Crippen LogP contribution < -0.4 is 5.32 Å². The van der Waals surface area contributed by atoms with Crippen molar-refractivity contribution < 1.29 is 0 Å². The fourth-order valence-corrected chi connectivity index (χ4v) is 3.26. The van der Waals surface area contributed by atoms with E-state index in [4.69, 9.17) is 0 Å². The van der Waals surface area contributed by atoms with Gasteiger partial charge in [0.15, 0.2) is 0 Å². The van der Waals surface area contributed by atoms with E-state index in [1.54, 1.807) is 11.3 Å². The number of nitrogens with one attached hydrogen (secondary N) is 1. The van der Waals surface area contributed by atoms with Crippen LogP contribution in [0.4, 0.5) is 5.69 Å². The Hall–Kier alpha value is -0.870. The second kappa shape index (κ2) is 5.46. The molecule has 0 saturated carbocycles. The number of nitrogens with zero attached hydrogens (tertiary/aromatic N) is 1. The Bertz CT molecular complexity index is 410. The lowest BCUT2D eigenvalue weighted by molar-refractivity contribution is 0.976. The summed E-state index contributed by atoms with van der Waals surface area (Å²) in [4.78, 5) is 6.09. The summed E-state index contributed by atoms with van der Waals surface area (Å²) in [5.41, 5.74) is 2.46. The molecule has 0 aromatic carbocycles. The molecule has 0 fully saturated rings. The van der Waals surface area contributed by atoms with Crippen molar-refractivity contribution in [2.45, 2.75) is 33.2 Å². The summed E-state index contributed by atoms with van der Waals surface area (Å²) in [5, 5.41) is 8.78. The Morgan fingerprint density at radius 2 is 2.19 bits per heavy atom. The van der Waals surface area contributed by atoms with Crippen LogP contribution in [0.2, 0.25) is 0 Å². The van der Waals surface area contributed by atoms with E-state index in [1.807, 2.05) is 11.3 Å². The van der Waals surface area contributed by atoms with Crippen LogP contribution in [0.5, 0.6) is 0 Å². The van der Waals surface area contributed by atoms with Crippen molar-refractivity contribution in [2.24, 2.45) is 0 Å². The summed E-state index contributed by atoms with van der Waals surface area (Å²) >= 11 is 3.55. The highest BCUT2D eigenvalue weighted by Gasteiger charge is 2.07. The first-order valence-corrected chi connectivity index (χ1v) is 7.33. The van der Waals surface area contributed by atoms with Gasteiger partial charge >= 0.3 is 0 Å². The highest BCUT2D eigenvalue weighted by atomic mass is 32.1. The maximum Gasteiger partial charge on any atom is 0.112 e. The summed E-state index contributed by atoms with van der Waals surface area (Å²) in [6, 6.07) is 2.10. The van der Waals surface area contributed by atoms with Gasteiger partial charge in [0.25, 0.3) is 0 Å². The molecule has 1 N–H and O–H groups in total. The van der Waals surface area contributed by atoms with E-state index in [1.165, 1.54) is 21.3 Å². The van der Waals surface area contributed by atoms with Gasteiger partial charge in [-0.05, 0) is 24.3 Å². The van der Waals surface area contributed by atoms with Crippen LogP contribution in [0.1, 0.15) is 29.4 Å². The van der Waals surface area contributed by atoms with Gasteiger partial charge in [0.1, 0.15) is 5.01 Å². The molecule has 2 aromatic rings. The molecule has 2 nitrogen and oxygen atoms in total. The first-order chi connectivity index (χ1) is 7.83. The number of hydrogen-bond acceptors (Lipinski definition) is 4. The van der Waals surface area contributed by atoms with E-state index in [9.17, 15) is 0 Å². The zero-order valence-electron chi connectivity index (χ0n) is 9.62. The summed E-state index contributed by atoms with van der Waals surface area (Å²) < 4.78 is 0. The molecular formula is C12H16N2S2. The van der Waals surface area contributed by atoms with Crippen molar-refractivity contribution in [2.75, 3.05) is 5.32 Å². The van der Waals surface area contributed by atoms with Crippen LogP contribution in [-0.4, -0.2) is 4.98 Å². The van der Waals surface area contributed by atoms with Crippen LogP contribution in [0.25, 0.3) is 0 Å². The first-order valence-electron chi connectivity index (χ1n) is 5.57. The first kappa shape index (κ1) is 11.6. The molecule has 0 aliphatic carbocycles. The van der Waals surface area contributed by atoms with E-state index in [2.05, 4.69) is 41.0 Å². The number of rotatable bonds is 5. The van der Waals surface area contributed by atoms with Gasteiger partial charge in [0.2, 0.25) is 0 Å². The molecular weight excluding hydrogens is 236 g/mol. The Morgan fingerprint density at radius 3 is 2.75 bits per heavy atom. The smallest absolute Gasteiger partial charge is 0.112 e. The molecule has 2 rings (SSSR count). The van der Waals surface area contributed by atoms with Crippen LogP contribution in [0, 0.1) is 0 Å². The SMILES string of the molecule is CCc1nc(CNc2ccsc2)sc1CC. The molecule has 0 amide bonds. The number of aromatic nitrogens is 1. The monoisotopic (exact) mass is 252 g/mol. The van der Waals surface area contributed by atoms with Gasteiger partial charge in [-0.2, -0.15) is 11.3 Å². The lowest BCUT2D eigenvalue weighted by Gasteiger charge is -1.99. The van der Waals surface area contributed by atoms with Gasteiger partial charge in [-0.15, -0.1) is 11.3 Å². The number of anilines is 1. The van der Waals surface area contributed by atoms with Gasteiger partial charge in [-0.3, -0.25) is 0 Å². The van der Waals surface area contributed by atoms with Gasteiger partial charge in [0.05, 0.1) is 12.2 Å². The fourth-order valence-electron chi connectivity index (χ4n) is 1.61. The van der Waals surface area contributed by atoms with E-state index in [-0.39, 0.29) is 0 Å². The summed E-state index contributed by atoms with van der Waals surface area (Å²) in [6.07, 6.45) is 2.14. The van der Waals surface area contributed by atoms with Crippen LogP contribution in [0.3, 0.4) is 0 Å². The number of aryl methyl sites for hydroxylation is 2. The molecule has 2 heterocycles. The molecule has 0 aliphatic heterocycles. The summed E-state index contributed by atoms with van der Waals surface area (Å²) in [7, 11) is 0. The van der Waals surface area contributed by atoms with Crippen molar-refractivity contribution in [1.29, 1.82) is 0 Å². The standard InChI is InChI=1S/C12H16N2S2/c1-3-10-11(4-2)16-12(14-10)7-13-9-5-6-15-8-9/h5-6,8,13H,3-4,7H2,1-2H3. The zero-order valence-corrected chi connectivity index (χ0v) is 11.3. The molecule has 4 heteroatoms. The predicted octanol–water partition coefficient (Wildman–Crippen LogP) is 3.94. The fraction of sp³-hybridized carbons (Fsp3) is 0.417. The van der Waals surface area contributed by atoms with E-state index < -0.39 is 0 Å². The normalized spacial score (nSPS) is 10.6. The number of hydrogen-bond donors (Lipinski definition) is 1. The van der Waals surface area contributed by atoms with Crippen molar-refractivity contribution >= 4 is 28.4 Å². The molecule has 0 atom stereocenters. The minimum atomic E-state index is 0.842. The molecule has 0 saturated heterocycles. The van der Waals surface area contributed by atoms with Gasteiger partial charge in [0, 0.05) is 15.9 Å². The van der Waals surface area contributed by atoms with Crippen molar-refractivity contribution in [3.8, 4) is 0 Å². The van der Waals surface area contributed by atoms with E-state index in [0.717, 1.165) is 19.4 Å². The zero-order chi connectivity index (χ0) is 11.4. The van der Waals surface area contributed by atoms with E-state index in [0.29, 0.717) is 0 Å². The Kier molecular flexibility index (Phi) is 3.96. The molecule has 0 radical (unpaired) electrons. The lowest BCUT2D eigenvalue weighted by Crippen LogP contribution is -1.97. The number of thiazole rings is 1. The average molecular weight is 252 g/mol. The predicted molar refractivity (Wildman–Crippen MR) is 72.5 cm³/mol. The molecule has 86 valence electrons. The van der Waals surface area contributed by atoms with Crippen LogP contribution in [0.15, 0.2) is 16.8 Å². The largest absolute Gasteiger partial charge is 0.378 e. The van der Waals surface area contributed by atoms with Crippen molar-refractivity contribution in [1.82, 2.24) is 4.98 Å². The Morgan fingerprint density at radius 1 is 1.31 bits per heavy atom. The van der Waals surface area contributed by atoms with Crippen LogP contribution >= 0.6 is 22.7 Å². The topological polar surface area (TPSA) is 24.9 Å². The Labute approximate surface area is 104 Å². The third-order valence-electron chi connectivity index (χ3n) is 2.44. The highest BCUT2D eigenvalue weighted by Crippen LogP contribution is 2.21. The molecule has 0 aliphatic rings. The second-order valence-corrected chi connectivity index (χ2v) is 5.50. The van der Waals surface area contributed by atoms with E-state index >= 15 is 0 Å². The molecule has 0 spiro atoms. The van der Waals surface area contributed by atoms with Gasteiger partial charge < -0.3 is 5.32 Å². The van der Waals surface area contributed by atoms with Crippen molar-refractivity contribution in [3.05, 3.63) is 32.4 Å². The summed E-state index contributed by atoms with van der Waals surface area (Å²) in [5.74, 6) is 0. The van der Waals surface area contributed by atoms with Crippen molar-refractivity contribution in [3.63, 3.8) is 0 Å². The van der Waals surface area contributed by atoms with Gasteiger partial charge in [-0.25, -0.2) is 4.98 Å². The lowest BCUT2D eigenvalue weighted by atomic mass is 10.2. The third-order valence-corrected chi connectivity index (χ3v) is 4.37. The van der Waals surface area contributed by atoms with Gasteiger partial charge in [-0.1, -0.05) is 13.8 Å². The maximum absolute atomic E-state index is 4.66. The molecule has 16 heavy (non-hydrogen) atoms. The minimum absolute atomic E-state index is 0.842. The third kappa shape index (κ3) is 2.62. The molecule has 0 unspecified atom stereocenters. The molecule has 2 aromatic heterocycles. The minimum Gasteiger partial charge on any atom is -0.378 e. The van der Waals surface area contributed by atoms with Crippen LogP contribution in [-0.2, 0) is 19.4 Å². The quantitative estimate of drug-likeness (QED) is 0.871. The molecule has 0 bridgehead atoms. The Balaban J connectivity index is 2.01. The summed E-state index contributed by atoms with van der Waals surface area (Å²) in [6.45, 7) is 5.21. The highest BCUT2D eigenvalue weighted by molar-refractivity contribution is 7.11. The average Bonchev–Trinajstić information content (AvgIpc) is 2.95.